The summed E-state index contributed by atoms with van der Waals surface area (Å²) in [5.41, 5.74) is 3.97. The van der Waals surface area contributed by atoms with Gasteiger partial charge in [0.1, 0.15) is 0 Å². The van der Waals surface area contributed by atoms with Crippen molar-refractivity contribution in [3.05, 3.63) is 29.3 Å². The third kappa shape index (κ3) is 3.54. The number of rotatable bonds is 2. The van der Waals surface area contributed by atoms with E-state index in [9.17, 15) is 5.11 Å². The van der Waals surface area contributed by atoms with Crippen LogP contribution in [0.25, 0.3) is 0 Å². The number of hydrogen-bond acceptors (Lipinski definition) is 2. The molecule has 2 heteroatoms. The molecule has 0 saturated carbocycles. The van der Waals surface area contributed by atoms with Gasteiger partial charge >= 0.3 is 0 Å². The first-order chi connectivity index (χ1) is 9.41. The first-order valence-electron chi connectivity index (χ1n) is 7.87. The fraction of sp³-hybridized carbons (Fsp3) is 0.667. The Balaban J connectivity index is 2.09. The molecule has 1 aliphatic rings. The van der Waals surface area contributed by atoms with Gasteiger partial charge in [-0.25, -0.2) is 0 Å². The summed E-state index contributed by atoms with van der Waals surface area (Å²) in [5.74, 6) is 0.824. The second-order valence-corrected chi connectivity index (χ2v) is 7.25. The Kier molecular flexibility index (Phi) is 4.74. The fourth-order valence-electron chi connectivity index (χ4n) is 3.27. The predicted octanol–water partition coefficient (Wildman–Crippen LogP) is 4.14. The van der Waals surface area contributed by atoms with Crippen LogP contribution in [-0.2, 0) is 6.61 Å². The van der Waals surface area contributed by atoms with Crippen LogP contribution in [0.4, 0.5) is 5.69 Å². The van der Waals surface area contributed by atoms with Crippen molar-refractivity contribution in [2.24, 2.45) is 11.3 Å². The zero-order valence-electron chi connectivity index (χ0n) is 13.4. The van der Waals surface area contributed by atoms with Crippen molar-refractivity contribution in [2.45, 2.75) is 53.6 Å². The van der Waals surface area contributed by atoms with Crippen LogP contribution in [0.5, 0.6) is 0 Å². The molecule has 1 unspecified atom stereocenters. The maximum atomic E-state index is 9.28. The van der Waals surface area contributed by atoms with Crippen molar-refractivity contribution in [1.82, 2.24) is 0 Å². The lowest BCUT2D eigenvalue weighted by Crippen LogP contribution is -2.26. The Morgan fingerprint density at radius 3 is 2.55 bits per heavy atom. The lowest BCUT2D eigenvalue weighted by atomic mass is 9.77. The maximum absolute atomic E-state index is 9.28. The zero-order chi connectivity index (χ0) is 14.8. The molecule has 2 rings (SSSR count). The van der Waals surface area contributed by atoms with Crippen molar-refractivity contribution < 1.29 is 5.11 Å². The number of hydrogen-bond donors (Lipinski definition) is 1. The van der Waals surface area contributed by atoms with E-state index >= 15 is 0 Å². The first kappa shape index (κ1) is 15.4. The normalized spacial score (nSPS) is 20.9. The molecule has 1 heterocycles. The van der Waals surface area contributed by atoms with E-state index in [2.05, 4.69) is 50.8 Å². The van der Waals surface area contributed by atoms with E-state index < -0.39 is 0 Å². The van der Waals surface area contributed by atoms with Crippen LogP contribution in [0.1, 0.15) is 51.2 Å². The molecule has 1 fully saturated rings. The van der Waals surface area contributed by atoms with Crippen molar-refractivity contribution in [3.63, 3.8) is 0 Å². The van der Waals surface area contributed by atoms with E-state index in [-0.39, 0.29) is 6.61 Å². The zero-order valence-corrected chi connectivity index (χ0v) is 13.4. The molecule has 1 aromatic carbocycles. The molecular formula is C18H29NO. The van der Waals surface area contributed by atoms with Crippen molar-refractivity contribution in [3.8, 4) is 0 Å². The SMILES string of the molecule is Cc1cc(N2CCCC(C(C)(C)C)CC2)ccc1CO. The van der Waals surface area contributed by atoms with Crippen LogP contribution in [0.2, 0.25) is 0 Å². The van der Waals surface area contributed by atoms with E-state index in [1.807, 2.05) is 0 Å². The number of anilines is 1. The molecule has 2 nitrogen and oxygen atoms in total. The summed E-state index contributed by atoms with van der Waals surface area (Å²) < 4.78 is 0. The van der Waals surface area contributed by atoms with Crippen molar-refractivity contribution >= 4 is 5.69 Å². The minimum atomic E-state index is 0.137. The monoisotopic (exact) mass is 275 g/mol. The first-order valence-corrected chi connectivity index (χ1v) is 7.87. The van der Waals surface area contributed by atoms with Gasteiger partial charge in [-0.15, -0.1) is 0 Å². The van der Waals surface area contributed by atoms with Gasteiger partial charge in [-0.3, -0.25) is 0 Å². The highest BCUT2D eigenvalue weighted by molar-refractivity contribution is 5.50. The van der Waals surface area contributed by atoms with E-state index in [4.69, 9.17) is 0 Å². The largest absolute Gasteiger partial charge is 0.392 e. The summed E-state index contributed by atoms with van der Waals surface area (Å²) in [6, 6.07) is 6.45. The van der Waals surface area contributed by atoms with Crippen LogP contribution < -0.4 is 4.90 Å². The van der Waals surface area contributed by atoms with Crippen LogP contribution >= 0.6 is 0 Å². The Labute approximate surface area is 123 Å². The number of nitrogens with zero attached hydrogens (tertiary/aromatic N) is 1. The Hall–Kier alpha value is -1.02. The van der Waals surface area contributed by atoms with Gasteiger partial charge in [0.25, 0.3) is 0 Å². The molecule has 0 amide bonds. The van der Waals surface area contributed by atoms with E-state index in [0.717, 1.165) is 24.6 Å². The molecule has 0 bridgehead atoms. The molecule has 1 saturated heterocycles. The third-order valence-corrected chi connectivity index (χ3v) is 4.81. The summed E-state index contributed by atoms with van der Waals surface area (Å²) in [7, 11) is 0. The summed E-state index contributed by atoms with van der Waals surface area (Å²) in [5, 5.41) is 9.28. The van der Waals surface area contributed by atoms with Crippen LogP contribution in [-0.4, -0.2) is 18.2 Å². The van der Waals surface area contributed by atoms with Gasteiger partial charge in [0, 0.05) is 18.8 Å². The molecule has 112 valence electrons. The van der Waals surface area contributed by atoms with Gasteiger partial charge < -0.3 is 10.0 Å². The fourth-order valence-corrected chi connectivity index (χ4v) is 3.27. The molecule has 0 aromatic heterocycles. The van der Waals surface area contributed by atoms with Crippen LogP contribution in [0, 0.1) is 18.3 Å². The topological polar surface area (TPSA) is 23.5 Å². The number of benzene rings is 1. The summed E-state index contributed by atoms with van der Waals surface area (Å²) >= 11 is 0. The molecular weight excluding hydrogens is 246 g/mol. The molecule has 20 heavy (non-hydrogen) atoms. The molecule has 1 N–H and O–H groups in total. The standard InChI is InChI=1S/C18H29NO/c1-14-12-17(8-7-15(14)13-20)19-10-5-6-16(9-11-19)18(2,3)4/h7-8,12,16,20H,5-6,9-11,13H2,1-4H3. The molecule has 1 aliphatic heterocycles. The lowest BCUT2D eigenvalue weighted by Gasteiger charge is -2.30. The quantitative estimate of drug-likeness (QED) is 0.877. The average molecular weight is 275 g/mol. The van der Waals surface area contributed by atoms with Gasteiger partial charge in [-0.2, -0.15) is 0 Å². The van der Waals surface area contributed by atoms with E-state index in [1.54, 1.807) is 0 Å². The summed E-state index contributed by atoms with van der Waals surface area (Å²) in [6.45, 7) is 11.6. The predicted molar refractivity (Wildman–Crippen MR) is 86.1 cm³/mol. The van der Waals surface area contributed by atoms with Gasteiger partial charge in [0.05, 0.1) is 6.61 Å². The average Bonchev–Trinajstić information content (AvgIpc) is 2.63. The molecule has 1 atom stereocenters. The number of aliphatic hydroxyl groups excluding tert-OH is 1. The molecule has 0 aliphatic carbocycles. The smallest absolute Gasteiger partial charge is 0.0684 e. The minimum absolute atomic E-state index is 0.137. The summed E-state index contributed by atoms with van der Waals surface area (Å²) in [4.78, 5) is 2.51. The van der Waals surface area contributed by atoms with Gasteiger partial charge in [0.15, 0.2) is 0 Å². The summed E-state index contributed by atoms with van der Waals surface area (Å²) in [6.07, 6.45) is 3.90. The van der Waals surface area contributed by atoms with Gasteiger partial charge in [-0.1, -0.05) is 26.8 Å². The van der Waals surface area contributed by atoms with Crippen molar-refractivity contribution in [2.75, 3.05) is 18.0 Å². The number of aryl methyl sites for hydroxylation is 1. The molecule has 1 aromatic rings. The second-order valence-electron chi connectivity index (χ2n) is 7.25. The Morgan fingerprint density at radius 1 is 1.20 bits per heavy atom. The molecule has 0 radical (unpaired) electrons. The number of aliphatic hydroxyl groups is 1. The van der Waals surface area contributed by atoms with E-state index in [1.165, 1.54) is 30.5 Å². The Morgan fingerprint density at radius 2 is 1.95 bits per heavy atom. The maximum Gasteiger partial charge on any atom is 0.0684 e. The Bertz CT molecular complexity index is 447. The van der Waals surface area contributed by atoms with Crippen LogP contribution in [0.15, 0.2) is 18.2 Å². The second kappa shape index (κ2) is 6.17. The third-order valence-electron chi connectivity index (χ3n) is 4.81. The highest BCUT2D eigenvalue weighted by Gasteiger charge is 2.27. The van der Waals surface area contributed by atoms with Gasteiger partial charge in [-0.05, 0) is 60.8 Å². The molecule has 0 spiro atoms. The minimum Gasteiger partial charge on any atom is -0.392 e. The van der Waals surface area contributed by atoms with Gasteiger partial charge in [0.2, 0.25) is 0 Å². The van der Waals surface area contributed by atoms with Crippen LogP contribution in [0.3, 0.4) is 0 Å². The highest BCUT2D eigenvalue weighted by atomic mass is 16.3. The highest BCUT2D eigenvalue weighted by Crippen LogP contribution is 2.35. The van der Waals surface area contributed by atoms with E-state index in [0.29, 0.717) is 5.41 Å². The lowest BCUT2D eigenvalue weighted by molar-refractivity contribution is 0.220. The van der Waals surface area contributed by atoms with Crippen molar-refractivity contribution in [1.29, 1.82) is 0 Å².